The Morgan fingerprint density at radius 1 is 0.868 bits per heavy atom. The molecule has 200 valence electrons. The molecule has 1 saturated heterocycles. The standard InChI is InChI=1S/C30H28F5NO2/c31-22-9-5-19(6-10-22)27(36-15-2-1-3-16-36)23-11-8-21(29(28(37)38)13-4-14-29)18-24(23)20-7-12-25(26(32)17-20)30(33,34)35/h5-12,17-18,27H,1-4,13-16H2,(H,37,38). The summed E-state index contributed by atoms with van der Waals surface area (Å²) in [7, 11) is 0. The Labute approximate surface area is 217 Å². The number of carbonyl (C=O) groups is 1. The molecule has 0 aromatic heterocycles. The number of alkyl halides is 3. The van der Waals surface area contributed by atoms with Gasteiger partial charge >= 0.3 is 12.1 Å². The monoisotopic (exact) mass is 529 g/mol. The predicted molar refractivity (Wildman–Crippen MR) is 134 cm³/mol. The van der Waals surface area contributed by atoms with Gasteiger partial charge in [0.2, 0.25) is 0 Å². The van der Waals surface area contributed by atoms with Crippen molar-refractivity contribution in [3.05, 3.63) is 94.6 Å². The molecule has 8 heteroatoms. The van der Waals surface area contributed by atoms with Crippen LogP contribution in [-0.4, -0.2) is 29.1 Å². The van der Waals surface area contributed by atoms with Gasteiger partial charge < -0.3 is 5.11 Å². The van der Waals surface area contributed by atoms with Crippen LogP contribution in [0.2, 0.25) is 0 Å². The molecule has 3 aromatic carbocycles. The molecule has 3 nitrogen and oxygen atoms in total. The lowest BCUT2D eigenvalue weighted by molar-refractivity contribution is -0.147. The third-order valence-electron chi connectivity index (χ3n) is 8.04. The summed E-state index contributed by atoms with van der Waals surface area (Å²) in [5.41, 5.74) is 0.332. The van der Waals surface area contributed by atoms with Crippen molar-refractivity contribution in [2.24, 2.45) is 0 Å². The summed E-state index contributed by atoms with van der Waals surface area (Å²) in [6.45, 7) is 1.54. The minimum atomic E-state index is -4.84. The summed E-state index contributed by atoms with van der Waals surface area (Å²) < 4.78 is 68.5. The van der Waals surface area contributed by atoms with Gasteiger partial charge in [0, 0.05) is 0 Å². The van der Waals surface area contributed by atoms with Gasteiger partial charge in [0.05, 0.1) is 17.0 Å². The van der Waals surface area contributed by atoms with E-state index in [4.69, 9.17) is 0 Å². The number of carboxylic acids is 1. The van der Waals surface area contributed by atoms with E-state index in [1.165, 1.54) is 18.2 Å². The van der Waals surface area contributed by atoms with E-state index in [1.807, 2.05) is 6.07 Å². The first-order valence-electron chi connectivity index (χ1n) is 12.8. The second-order valence-corrected chi connectivity index (χ2v) is 10.3. The van der Waals surface area contributed by atoms with Crippen LogP contribution in [0.4, 0.5) is 22.0 Å². The van der Waals surface area contributed by atoms with Gasteiger partial charge in [-0.25, -0.2) is 8.78 Å². The number of rotatable bonds is 6. The van der Waals surface area contributed by atoms with Crippen LogP contribution in [-0.2, 0) is 16.4 Å². The van der Waals surface area contributed by atoms with Gasteiger partial charge in [0.25, 0.3) is 0 Å². The maximum atomic E-state index is 14.8. The van der Waals surface area contributed by atoms with Crippen molar-refractivity contribution < 1.29 is 31.9 Å². The van der Waals surface area contributed by atoms with Crippen LogP contribution in [0.3, 0.4) is 0 Å². The quantitative estimate of drug-likeness (QED) is 0.332. The SMILES string of the molecule is O=C(O)C1(c2ccc(C(c3ccc(F)cc3)N3CCCCC3)c(-c3ccc(C(F)(F)F)c(F)c3)c2)CCC1. The lowest BCUT2D eigenvalue weighted by Gasteiger charge is -2.40. The second-order valence-electron chi connectivity index (χ2n) is 10.3. The first-order chi connectivity index (χ1) is 18.1. The number of aliphatic carboxylic acids is 1. The predicted octanol–water partition coefficient (Wildman–Crippen LogP) is 7.73. The molecule has 0 radical (unpaired) electrons. The van der Waals surface area contributed by atoms with E-state index >= 15 is 0 Å². The average Bonchev–Trinajstić information content (AvgIpc) is 2.85. The highest BCUT2D eigenvalue weighted by Crippen LogP contribution is 2.47. The number of benzene rings is 3. The van der Waals surface area contributed by atoms with Crippen molar-refractivity contribution in [2.45, 2.75) is 56.2 Å². The number of hydrogen-bond acceptors (Lipinski definition) is 2. The Balaban J connectivity index is 1.71. The third kappa shape index (κ3) is 4.82. The summed E-state index contributed by atoms with van der Waals surface area (Å²) in [4.78, 5) is 14.5. The van der Waals surface area contributed by atoms with Crippen LogP contribution < -0.4 is 0 Å². The summed E-state index contributed by atoms with van der Waals surface area (Å²) in [5.74, 6) is -2.73. The molecule has 1 heterocycles. The molecular weight excluding hydrogens is 501 g/mol. The Kier molecular flexibility index (Phi) is 7.03. The molecule has 1 N–H and O–H groups in total. The van der Waals surface area contributed by atoms with Crippen molar-refractivity contribution >= 4 is 5.97 Å². The number of piperidine rings is 1. The molecule has 1 aliphatic heterocycles. The molecule has 2 fully saturated rings. The van der Waals surface area contributed by atoms with Gasteiger partial charge in [0.1, 0.15) is 11.6 Å². The van der Waals surface area contributed by atoms with Gasteiger partial charge in [-0.3, -0.25) is 9.69 Å². The van der Waals surface area contributed by atoms with Gasteiger partial charge in [-0.15, -0.1) is 0 Å². The minimum absolute atomic E-state index is 0.233. The first kappa shape index (κ1) is 26.4. The maximum absolute atomic E-state index is 14.8. The highest BCUT2D eigenvalue weighted by molar-refractivity contribution is 5.84. The summed E-state index contributed by atoms with van der Waals surface area (Å²) >= 11 is 0. The van der Waals surface area contributed by atoms with Crippen molar-refractivity contribution in [1.82, 2.24) is 4.90 Å². The maximum Gasteiger partial charge on any atom is 0.419 e. The number of likely N-dealkylation sites (tertiary alicyclic amines) is 1. The molecule has 0 amide bonds. The van der Waals surface area contributed by atoms with Crippen LogP contribution >= 0.6 is 0 Å². The zero-order valence-electron chi connectivity index (χ0n) is 20.7. The molecule has 2 aliphatic rings. The topological polar surface area (TPSA) is 40.5 Å². The molecule has 1 saturated carbocycles. The Morgan fingerprint density at radius 2 is 1.55 bits per heavy atom. The van der Waals surface area contributed by atoms with Gasteiger partial charge in [-0.05, 0) is 96.9 Å². The van der Waals surface area contributed by atoms with E-state index in [0.29, 0.717) is 29.5 Å². The van der Waals surface area contributed by atoms with E-state index in [1.54, 1.807) is 24.3 Å². The van der Waals surface area contributed by atoms with Crippen molar-refractivity contribution in [3.63, 3.8) is 0 Å². The second kappa shape index (κ2) is 10.1. The molecule has 3 aromatic rings. The molecule has 0 spiro atoms. The largest absolute Gasteiger partial charge is 0.481 e. The van der Waals surface area contributed by atoms with Crippen LogP contribution in [0, 0.1) is 11.6 Å². The first-order valence-corrected chi connectivity index (χ1v) is 12.8. The number of hydrogen-bond donors (Lipinski definition) is 1. The fourth-order valence-electron chi connectivity index (χ4n) is 5.82. The summed E-state index contributed by atoms with van der Waals surface area (Å²) in [5, 5.41) is 10.0. The van der Waals surface area contributed by atoms with E-state index in [9.17, 15) is 31.9 Å². The highest BCUT2D eigenvalue weighted by Gasteiger charge is 2.46. The van der Waals surface area contributed by atoms with E-state index in [2.05, 4.69) is 4.90 Å². The number of carboxylic acid groups (broad SMARTS) is 1. The van der Waals surface area contributed by atoms with Crippen LogP contribution in [0.15, 0.2) is 60.7 Å². The van der Waals surface area contributed by atoms with Crippen molar-refractivity contribution in [2.75, 3.05) is 13.1 Å². The summed E-state index contributed by atoms with van der Waals surface area (Å²) in [6, 6.07) is 13.9. The highest BCUT2D eigenvalue weighted by atomic mass is 19.4. The van der Waals surface area contributed by atoms with Crippen LogP contribution in [0.1, 0.15) is 66.8 Å². The molecule has 1 unspecified atom stereocenters. The minimum Gasteiger partial charge on any atom is -0.481 e. The van der Waals surface area contributed by atoms with E-state index in [-0.39, 0.29) is 17.4 Å². The average molecular weight is 530 g/mol. The zero-order valence-corrected chi connectivity index (χ0v) is 20.7. The van der Waals surface area contributed by atoms with Gasteiger partial charge in [-0.2, -0.15) is 13.2 Å². The molecule has 38 heavy (non-hydrogen) atoms. The third-order valence-corrected chi connectivity index (χ3v) is 8.04. The van der Waals surface area contributed by atoms with E-state index < -0.39 is 28.9 Å². The van der Waals surface area contributed by atoms with Gasteiger partial charge in [-0.1, -0.05) is 43.2 Å². The lowest BCUT2D eigenvalue weighted by atomic mass is 9.64. The van der Waals surface area contributed by atoms with E-state index in [0.717, 1.165) is 56.5 Å². The number of halogens is 5. The number of nitrogens with zero attached hydrogens (tertiary/aromatic N) is 1. The van der Waals surface area contributed by atoms with Crippen LogP contribution in [0.25, 0.3) is 11.1 Å². The molecule has 1 aliphatic carbocycles. The van der Waals surface area contributed by atoms with Crippen molar-refractivity contribution in [1.29, 1.82) is 0 Å². The normalized spacial score (nSPS) is 18.6. The van der Waals surface area contributed by atoms with Crippen molar-refractivity contribution in [3.8, 4) is 11.1 Å². The summed E-state index contributed by atoms with van der Waals surface area (Å²) in [6.07, 6.45) is -0.179. The Bertz CT molecular complexity index is 1330. The van der Waals surface area contributed by atoms with Gasteiger partial charge in [0.15, 0.2) is 0 Å². The Hall–Kier alpha value is -3.26. The molecular formula is C30H28F5NO2. The smallest absolute Gasteiger partial charge is 0.419 e. The molecule has 5 rings (SSSR count). The fourth-order valence-corrected chi connectivity index (χ4v) is 5.82. The van der Waals surface area contributed by atoms with Crippen LogP contribution in [0.5, 0.6) is 0 Å². The zero-order chi connectivity index (χ0) is 27.1. The lowest BCUT2D eigenvalue weighted by Crippen LogP contribution is -2.42. The fraction of sp³-hybridized carbons (Fsp3) is 0.367. The molecule has 1 atom stereocenters. The molecule has 0 bridgehead atoms. The Morgan fingerprint density at radius 3 is 2.11 bits per heavy atom.